The number of aryl methyl sites for hydroxylation is 1. The highest BCUT2D eigenvalue weighted by Crippen LogP contribution is 2.30. The Bertz CT molecular complexity index is 294. The van der Waals surface area contributed by atoms with Gasteiger partial charge in [-0.2, -0.15) is 11.8 Å². The van der Waals surface area contributed by atoms with Crippen LogP contribution in [0.15, 0.2) is 5.38 Å². The van der Waals surface area contributed by atoms with Crippen molar-refractivity contribution in [3.63, 3.8) is 0 Å². The third-order valence-corrected chi connectivity index (χ3v) is 4.80. The van der Waals surface area contributed by atoms with E-state index in [0.29, 0.717) is 5.25 Å². The molecule has 4 heteroatoms. The lowest BCUT2D eigenvalue weighted by atomic mass is 10.1. The minimum absolute atomic E-state index is 0.205. The highest BCUT2D eigenvalue weighted by molar-refractivity contribution is 8.00. The van der Waals surface area contributed by atoms with Gasteiger partial charge >= 0.3 is 0 Å². The largest absolute Gasteiger partial charge is 0.392 e. The molecule has 2 heterocycles. The minimum Gasteiger partial charge on any atom is -0.392 e. The summed E-state index contributed by atoms with van der Waals surface area (Å²) in [6, 6.07) is 0. The molecule has 1 fully saturated rings. The quantitative estimate of drug-likeness (QED) is 0.863. The van der Waals surface area contributed by atoms with Crippen LogP contribution >= 0.6 is 23.1 Å². The van der Waals surface area contributed by atoms with Gasteiger partial charge in [-0.05, 0) is 25.5 Å². The van der Waals surface area contributed by atoms with Crippen LogP contribution in [0.4, 0.5) is 0 Å². The van der Waals surface area contributed by atoms with Gasteiger partial charge in [-0.1, -0.05) is 0 Å². The third kappa shape index (κ3) is 2.49. The first kappa shape index (κ1) is 10.5. The molecule has 1 saturated heterocycles. The van der Waals surface area contributed by atoms with Crippen LogP contribution in [0.5, 0.6) is 0 Å². The van der Waals surface area contributed by atoms with Crippen molar-refractivity contribution in [3.05, 3.63) is 16.1 Å². The van der Waals surface area contributed by atoms with E-state index in [0.717, 1.165) is 23.5 Å². The summed E-state index contributed by atoms with van der Waals surface area (Å²) >= 11 is 3.56. The zero-order chi connectivity index (χ0) is 9.97. The van der Waals surface area contributed by atoms with Crippen molar-refractivity contribution < 1.29 is 5.11 Å². The van der Waals surface area contributed by atoms with Crippen molar-refractivity contribution in [2.45, 2.75) is 37.5 Å². The van der Waals surface area contributed by atoms with E-state index in [2.05, 4.69) is 10.4 Å². The van der Waals surface area contributed by atoms with Gasteiger partial charge in [0.05, 0.1) is 16.8 Å². The molecule has 1 N–H and O–H groups in total. The topological polar surface area (TPSA) is 33.1 Å². The van der Waals surface area contributed by atoms with Crippen LogP contribution in [-0.4, -0.2) is 27.2 Å². The van der Waals surface area contributed by atoms with E-state index < -0.39 is 0 Å². The SMILES string of the molecule is Cc1nc(CC(O)C2CCCS2)cs1. The molecule has 0 aliphatic carbocycles. The Labute approximate surface area is 92.8 Å². The molecule has 1 aromatic heterocycles. The summed E-state index contributed by atoms with van der Waals surface area (Å²) in [6.45, 7) is 2.00. The number of thiazole rings is 1. The highest BCUT2D eigenvalue weighted by Gasteiger charge is 2.24. The summed E-state index contributed by atoms with van der Waals surface area (Å²) in [7, 11) is 0. The Kier molecular flexibility index (Phi) is 3.47. The van der Waals surface area contributed by atoms with Crippen LogP contribution in [0, 0.1) is 6.92 Å². The van der Waals surface area contributed by atoms with Crippen molar-refractivity contribution in [2.75, 3.05) is 5.75 Å². The second-order valence-electron chi connectivity index (χ2n) is 3.68. The maximum Gasteiger partial charge on any atom is 0.0897 e. The van der Waals surface area contributed by atoms with Crippen molar-refractivity contribution in [2.24, 2.45) is 0 Å². The second kappa shape index (κ2) is 4.64. The van der Waals surface area contributed by atoms with Gasteiger partial charge in [-0.3, -0.25) is 0 Å². The van der Waals surface area contributed by atoms with Crippen molar-refractivity contribution in [1.29, 1.82) is 0 Å². The lowest BCUT2D eigenvalue weighted by molar-refractivity contribution is 0.169. The van der Waals surface area contributed by atoms with Crippen LogP contribution in [-0.2, 0) is 6.42 Å². The van der Waals surface area contributed by atoms with E-state index in [9.17, 15) is 5.11 Å². The van der Waals surface area contributed by atoms with Gasteiger partial charge in [0.1, 0.15) is 0 Å². The third-order valence-electron chi connectivity index (χ3n) is 2.48. The Morgan fingerprint density at radius 3 is 3.14 bits per heavy atom. The number of nitrogens with zero attached hydrogens (tertiary/aromatic N) is 1. The van der Waals surface area contributed by atoms with Gasteiger partial charge in [0.25, 0.3) is 0 Å². The Morgan fingerprint density at radius 1 is 1.71 bits per heavy atom. The fourth-order valence-corrected chi connectivity index (χ4v) is 3.67. The van der Waals surface area contributed by atoms with Crippen LogP contribution in [0.2, 0.25) is 0 Å². The van der Waals surface area contributed by atoms with Crippen LogP contribution in [0.3, 0.4) is 0 Å². The van der Waals surface area contributed by atoms with Crippen molar-refractivity contribution in [3.8, 4) is 0 Å². The molecule has 0 radical (unpaired) electrons. The smallest absolute Gasteiger partial charge is 0.0897 e. The number of rotatable bonds is 3. The average molecular weight is 229 g/mol. The lowest BCUT2D eigenvalue weighted by Gasteiger charge is -2.15. The fraction of sp³-hybridized carbons (Fsp3) is 0.700. The molecule has 14 heavy (non-hydrogen) atoms. The molecule has 0 amide bonds. The highest BCUT2D eigenvalue weighted by atomic mass is 32.2. The minimum atomic E-state index is -0.205. The maximum atomic E-state index is 9.96. The lowest BCUT2D eigenvalue weighted by Crippen LogP contribution is -2.23. The van der Waals surface area contributed by atoms with E-state index >= 15 is 0 Å². The predicted molar refractivity (Wildman–Crippen MR) is 62.0 cm³/mol. The molecule has 1 aromatic rings. The molecule has 0 aromatic carbocycles. The number of aliphatic hydroxyl groups excluding tert-OH is 1. The first-order valence-electron chi connectivity index (χ1n) is 4.96. The molecule has 2 unspecified atom stereocenters. The molecular formula is C10H15NOS2. The van der Waals surface area contributed by atoms with E-state index in [1.807, 2.05) is 18.7 Å². The molecule has 1 aliphatic rings. The molecule has 0 saturated carbocycles. The number of aliphatic hydroxyl groups is 1. The van der Waals surface area contributed by atoms with Crippen molar-refractivity contribution in [1.82, 2.24) is 4.98 Å². The molecule has 2 atom stereocenters. The van der Waals surface area contributed by atoms with Gasteiger partial charge in [-0.25, -0.2) is 4.98 Å². The standard InChI is InChI=1S/C10H15NOS2/c1-7-11-8(6-14-7)5-9(12)10-3-2-4-13-10/h6,9-10,12H,2-5H2,1H3. The van der Waals surface area contributed by atoms with Gasteiger partial charge in [-0.15, -0.1) is 11.3 Å². The summed E-state index contributed by atoms with van der Waals surface area (Å²) < 4.78 is 0. The Balaban J connectivity index is 1.90. The molecule has 2 rings (SSSR count). The zero-order valence-corrected chi connectivity index (χ0v) is 9.90. The first-order valence-corrected chi connectivity index (χ1v) is 6.89. The summed E-state index contributed by atoms with van der Waals surface area (Å²) in [5.41, 5.74) is 1.05. The van der Waals surface area contributed by atoms with E-state index in [1.54, 1.807) is 11.3 Å². The van der Waals surface area contributed by atoms with Gasteiger partial charge < -0.3 is 5.11 Å². The normalized spacial score (nSPS) is 24.0. The molecule has 1 aliphatic heterocycles. The number of hydrogen-bond donors (Lipinski definition) is 1. The number of thioether (sulfide) groups is 1. The first-order chi connectivity index (χ1) is 6.75. The van der Waals surface area contributed by atoms with E-state index in [1.165, 1.54) is 12.2 Å². The van der Waals surface area contributed by atoms with E-state index in [4.69, 9.17) is 0 Å². The molecule has 2 nitrogen and oxygen atoms in total. The van der Waals surface area contributed by atoms with Gasteiger partial charge in [0, 0.05) is 17.1 Å². The van der Waals surface area contributed by atoms with Gasteiger partial charge in [0.15, 0.2) is 0 Å². The molecule has 0 bridgehead atoms. The summed E-state index contributed by atoms with van der Waals surface area (Å²) in [5.74, 6) is 1.21. The molecular weight excluding hydrogens is 214 g/mol. The number of aromatic nitrogens is 1. The molecule has 78 valence electrons. The Hall–Kier alpha value is -0.0600. The van der Waals surface area contributed by atoms with Crippen molar-refractivity contribution >= 4 is 23.1 Å². The fourth-order valence-electron chi connectivity index (χ4n) is 1.75. The molecule has 0 spiro atoms. The summed E-state index contributed by atoms with van der Waals surface area (Å²) in [4.78, 5) is 4.37. The average Bonchev–Trinajstić information content (AvgIpc) is 2.75. The predicted octanol–water partition coefficient (Wildman–Crippen LogP) is 2.25. The van der Waals surface area contributed by atoms with Crippen LogP contribution in [0.25, 0.3) is 0 Å². The second-order valence-corrected chi connectivity index (χ2v) is 6.09. The monoisotopic (exact) mass is 229 g/mol. The zero-order valence-electron chi connectivity index (χ0n) is 8.27. The number of hydrogen-bond acceptors (Lipinski definition) is 4. The summed E-state index contributed by atoms with van der Waals surface area (Å²) in [6.07, 6.45) is 2.93. The Morgan fingerprint density at radius 2 is 2.57 bits per heavy atom. The van der Waals surface area contributed by atoms with Crippen LogP contribution < -0.4 is 0 Å². The van der Waals surface area contributed by atoms with Crippen LogP contribution in [0.1, 0.15) is 23.5 Å². The maximum absolute atomic E-state index is 9.96. The summed E-state index contributed by atoms with van der Waals surface area (Å²) in [5, 5.41) is 13.5. The van der Waals surface area contributed by atoms with Gasteiger partial charge in [0.2, 0.25) is 0 Å². The van der Waals surface area contributed by atoms with E-state index in [-0.39, 0.29) is 6.10 Å².